The monoisotopic (exact) mass is 231 g/mol. The summed E-state index contributed by atoms with van der Waals surface area (Å²) in [7, 11) is 0. The van der Waals surface area contributed by atoms with Crippen molar-refractivity contribution in [2.45, 2.75) is 19.8 Å². The van der Waals surface area contributed by atoms with E-state index in [9.17, 15) is 4.79 Å². The molecule has 0 saturated carbocycles. The summed E-state index contributed by atoms with van der Waals surface area (Å²) in [5.41, 5.74) is 0. The third kappa shape index (κ3) is 10.9. The molecule has 1 amide bonds. The van der Waals surface area contributed by atoms with Gasteiger partial charge in [-0.2, -0.15) is 0 Å². The van der Waals surface area contributed by atoms with E-state index in [1.807, 2.05) is 6.92 Å². The number of terminal acetylenes is 1. The maximum atomic E-state index is 11.0. The molecule has 0 bridgehead atoms. The number of nitrogens with one attached hydrogen (secondary N) is 1. The van der Waals surface area contributed by atoms with Gasteiger partial charge in [-0.05, 0) is 36.0 Å². The van der Waals surface area contributed by atoms with Crippen molar-refractivity contribution in [1.82, 2.24) is 5.32 Å². The van der Waals surface area contributed by atoms with Crippen LogP contribution in [0.1, 0.15) is 19.8 Å². The molecule has 1 N–H and O–H groups in total. The minimum Gasteiger partial charge on any atom is -0.284 e. The number of rotatable bonds is 2. The standard InChI is InChI=1S/C16H9NO/c1-3-5-6-7-8-9-10-11-12-13-15-17-16(18)14-4-2/h1H,4,14H2,2H3,(H,17,18). The second-order valence-corrected chi connectivity index (χ2v) is 2.69. The van der Waals surface area contributed by atoms with Gasteiger partial charge in [-0.1, -0.05) is 6.92 Å². The fraction of sp³-hybridized carbons (Fsp3) is 0.188. The quantitative estimate of drug-likeness (QED) is 0.544. The van der Waals surface area contributed by atoms with Gasteiger partial charge in [-0.15, -0.1) is 6.42 Å². The van der Waals surface area contributed by atoms with Gasteiger partial charge in [0.25, 0.3) is 0 Å². The average Bonchev–Trinajstić information content (AvgIpc) is 2.36. The first-order valence-corrected chi connectivity index (χ1v) is 5.05. The number of hydrogen-bond acceptors (Lipinski definition) is 1. The molecule has 0 atom stereocenters. The van der Waals surface area contributed by atoms with Crippen molar-refractivity contribution < 1.29 is 4.79 Å². The van der Waals surface area contributed by atoms with Crippen LogP contribution in [0, 0.1) is 71.7 Å². The maximum Gasteiger partial charge on any atom is 0.231 e. The summed E-state index contributed by atoms with van der Waals surface area (Å²) in [5, 5.41) is 2.39. The highest BCUT2D eigenvalue weighted by Gasteiger charge is 1.92. The first-order valence-electron chi connectivity index (χ1n) is 5.05. The molecule has 84 valence electrons. The largest absolute Gasteiger partial charge is 0.284 e. The summed E-state index contributed by atoms with van der Waals surface area (Å²) in [6.45, 7) is 1.91. The van der Waals surface area contributed by atoms with Crippen LogP contribution in [0.25, 0.3) is 0 Å². The molecule has 2 nitrogen and oxygen atoms in total. The zero-order chi connectivity index (χ0) is 13.5. The number of hydrogen-bond donors (Lipinski definition) is 1. The Morgan fingerprint density at radius 1 is 0.944 bits per heavy atom. The van der Waals surface area contributed by atoms with Crippen LogP contribution in [-0.4, -0.2) is 5.91 Å². The molecule has 0 aromatic rings. The Balaban J connectivity index is 4.10. The first kappa shape index (κ1) is 14.8. The van der Waals surface area contributed by atoms with Gasteiger partial charge in [-0.25, -0.2) is 0 Å². The molecule has 0 unspecified atom stereocenters. The Bertz CT molecular complexity index is 635. The molecule has 0 aromatic heterocycles. The molecular formula is C16H9NO. The fourth-order valence-electron chi connectivity index (χ4n) is 0.677. The molecule has 0 aliphatic rings. The van der Waals surface area contributed by atoms with E-state index in [2.05, 4.69) is 70.6 Å². The minimum atomic E-state index is -0.115. The summed E-state index contributed by atoms with van der Waals surface area (Å²) in [5.74, 6) is 23.9. The summed E-state index contributed by atoms with van der Waals surface area (Å²) < 4.78 is 0. The number of amides is 1. The van der Waals surface area contributed by atoms with Crippen LogP contribution < -0.4 is 5.32 Å². The Kier molecular flexibility index (Phi) is 9.81. The third-order valence-electron chi connectivity index (χ3n) is 1.31. The topological polar surface area (TPSA) is 29.1 Å². The van der Waals surface area contributed by atoms with E-state index in [0.717, 1.165) is 6.42 Å². The van der Waals surface area contributed by atoms with Gasteiger partial charge in [-0.3, -0.25) is 10.1 Å². The van der Waals surface area contributed by atoms with Crippen molar-refractivity contribution in [3.63, 3.8) is 0 Å². The van der Waals surface area contributed by atoms with Crippen molar-refractivity contribution in [2.24, 2.45) is 0 Å². The van der Waals surface area contributed by atoms with Crippen molar-refractivity contribution in [3.05, 3.63) is 0 Å². The van der Waals surface area contributed by atoms with Gasteiger partial charge in [0.05, 0.1) is 0 Å². The normalized spacial score (nSPS) is 5.56. The molecule has 0 aliphatic heterocycles. The van der Waals surface area contributed by atoms with Crippen molar-refractivity contribution in [2.75, 3.05) is 0 Å². The number of carbonyl (C=O) groups is 1. The van der Waals surface area contributed by atoms with Gasteiger partial charge in [0.2, 0.25) is 5.91 Å². The molecular weight excluding hydrogens is 222 g/mol. The zero-order valence-electron chi connectivity index (χ0n) is 9.90. The molecule has 0 heterocycles. The van der Waals surface area contributed by atoms with Crippen molar-refractivity contribution >= 4 is 5.91 Å². The molecule has 2 heteroatoms. The molecule has 0 fully saturated rings. The van der Waals surface area contributed by atoms with Crippen LogP contribution in [0.2, 0.25) is 0 Å². The van der Waals surface area contributed by atoms with Crippen LogP contribution in [0.5, 0.6) is 0 Å². The van der Waals surface area contributed by atoms with E-state index in [4.69, 9.17) is 6.42 Å². The summed E-state index contributed by atoms with van der Waals surface area (Å²) in [4.78, 5) is 11.0. The predicted molar refractivity (Wildman–Crippen MR) is 70.8 cm³/mol. The van der Waals surface area contributed by atoms with Gasteiger partial charge in [0.15, 0.2) is 0 Å². The third-order valence-corrected chi connectivity index (χ3v) is 1.31. The van der Waals surface area contributed by atoms with Gasteiger partial charge in [0.1, 0.15) is 0 Å². The van der Waals surface area contributed by atoms with Gasteiger partial charge >= 0.3 is 0 Å². The summed E-state index contributed by atoms with van der Waals surface area (Å²) >= 11 is 0. The lowest BCUT2D eigenvalue weighted by atomic mass is 10.3. The first-order chi connectivity index (χ1) is 8.81. The zero-order valence-corrected chi connectivity index (χ0v) is 9.90. The highest BCUT2D eigenvalue weighted by Crippen LogP contribution is 1.83. The van der Waals surface area contributed by atoms with E-state index < -0.39 is 0 Å². The van der Waals surface area contributed by atoms with E-state index in [1.165, 1.54) is 0 Å². The molecule has 0 spiro atoms. The Labute approximate surface area is 108 Å². The SMILES string of the molecule is C#CC#CC#CC#CC#CC#CNC(=O)CCC. The molecule has 0 aliphatic carbocycles. The van der Waals surface area contributed by atoms with Gasteiger partial charge < -0.3 is 0 Å². The van der Waals surface area contributed by atoms with E-state index in [-0.39, 0.29) is 5.91 Å². The Morgan fingerprint density at radius 2 is 1.44 bits per heavy atom. The van der Waals surface area contributed by atoms with Gasteiger partial charge in [0, 0.05) is 42.1 Å². The molecule has 18 heavy (non-hydrogen) atoms. The maximum absolute atomic E-state index is 11.0. The van der Waals surface area contributed by atoms with Crippen LogP contribution in [0.4, 0.5) is 0 Å². The lowest BCUT2D eigenvalue weighted by Crippen LogP contribution is -2.16. The number of carbonyl (C=O) groups excluding carboxylic acids is 1. The van der Waals surface area contributed by atoms with Crippen molar-refractivity contribution in [3.8, 4) is 71.7 Å². The van der Waals surface area contributed by atoms with Crippen LogP contribution in [0.3, 0.4) is 0 Å². The van der Waals surface area contributed by atoms with Crippen LogP contribution in [0.15, 0.2) is 0 Å². The molecule has 0 rings (SSSR count). The minimum absolute atomic E-state index is 0.115. The molecule has 0 radical (unpaired) electrons. The summed E-state index contributed by atoms with van der Waals surface area (Å²) in [6, 6.07) is 2.42. The van der Waals surface area contributed by atoms with E-state index in [0.29, 0.717) is 6.42 Å². The van der Waals surface area contributed by atoms with E-state index >= 15 is 0 Å². The lowest BCUT2D eigenvalue weighted by Gasteiger charge is -1.90. The Hall–Kier alpha value is -3.17. The predicted octanol–water partition coefficient (Wildman–Crippen LogP) is 0.510. The Morgan fingerprint density at radius 3 is 1.94 bits per heavy atom. The van der Waals surface area contributed by atoms with E-state index in [1.54, 1.807) is 0 Å². The molecule has 0 aromatic carbocycles. The lowest BCUT2D eigenvalue weighted by molar-refractivity contribution is -0.119. The average molecular weight is 231 g/mol. The second kappa shape index (κ2) is 11.9. The summed E-state index contributed by atoms with van der Waals surface area (Å²) in [6.07, 6.45) is 6.12. The van der Waals surface area contributed by atoms with Crippen molar-refractivity contribution in [1.29, 1.82) is 0 Å². The highest BCUT2D eigenvalue weighted by atomic mass is 16.1. The fourth-order valence-corrected chi connectivity index (χ4v) is 0.677. The second-order valence-electron chi connectivity index (χ2n) is 2.69. The van der Waals surface area contributed by atoms with Crippen LogP contribution >= 0.6 is 0 Å². The molecule has 0 saturated heterocycles. The highest BCUT2D eigenvalue weighted by molar-refractivity contribution is 5.77. The van der Waals surface area contributed by atoms with Crippen LogP contribution in [-0.2, 0) is 4.79 Å². The smallest absolute Gasteiger partial charge is 0.231 e.